The summed E-state index contributed by atoms with van der Waals surface area (Å²) in [4.78, 5) is 10.2. The molecule has 1 N–H and O–H groups in total. The number of hydrogen-bond donors (Lipinski definition) is 1. The molecule has 2 bridgehead atoms. The Hall–Kier alpha value is -3.07. The zero-order valence-corrected chi connectivity index (χ0v) is 26.4. The summed E-state index contributed by atoms with van der Waals surface area (Å²) in [6.45, 7) is 10.7. The number of benzene rings is 3. The summed E-state index contributed by atoms with van der Waals surface area (Å²) in [6.07, 6.45) is 14.8. The molecule has 3 nitrogen and oxygen atoms in total. The molecule has 0 unspecified atom stereocenters. The summed E-state index contributed by atoms with van der Waals surface area (Å²) >= 11 is 0. The molecule has 3 heteroatoms. The maximum absolute atomic E-state index is 10.2. The number of rotatable bonds is 13. The van der Waals surface area contributed by atoms with E-state index in [1.807, 2.05) is 0 Å². The van der Waals surface area contributed by atoms with Crippen LogP contribution < -0.4 is 4.74 Å². The van der Waals surface area contributed by atoms with Gasteiger partial charge in [-0.2, -0.15) is 0 Å². The first-order valence-electron chi connectivity index (χ1n) is 16.4. The van der Waals surface area contributed by atoms with Gasteiger partial charge >= 0.3 is 5.97 Å². The Bertz CT molecular complexity index is 1250. The van der Waals surface area contributed by atoms with Gasteiger partial charge in [0.2, 0.25) is 0 Å². The average molecular weight is 569 g/mol. The SMILES string of the molecule is CCCCCCCCCCOc1ccc(-c2ccccc2)c([C@@H]2C[C@]3(C)CC[C@@H]2C3(C)C)c1.O=C(O)c1ccccc1. The van der Waals surface area contributed by atoms with Gasteiger partial charge in [0.05, 0.1) is 12.2 Å². The van der Waals surface area contributed by atoms with E-state index in [0.29, 0.717) is 22.3 Å². The fourth-order valence-corrected chi connectivity index (χ4v) is 7.45. The van der Waals surface area contributed by atoms with Crippen molar-refractivity contribution in [1.29, 1.82) is 0 Å². The second-order valence-corrected chi connectivity index (χ2v) is 13.3. The lowest BCUT2D eigenvalue weighted by atomic mass is 9.71. The molecule has 2 fully saturated rings. The number of fused-ring (bicyclic) bond motifs is 2. The number of carbonyl (C=O) groups is 1. The van der Waals surface area contributed by atoms with E-state index in [1.54, 1.807) is 30.3 Å². The molecule has 0 spiro atoms. The van der Waals surface area contributed by atoms with Gasteiger partial charge in [-0.25, -0.2) is 4.79 Å². The van der Waals surface area contributed by atoms with Gasteiger partial charge in [-0.15, -0.1) is 0 Å². The number of aromatic carboxylic acids is 1. The lowest BCUT2D eigenvalue weighted by Crippen LogP contribution is -2.26. The van der Waals surface area contributed by atoms with E-state index >= 15 is 0 Å². The minimum atomic E-state index is -0.879. The summed E-state index contributed by atoms with van der Waals surface area (Å²) in [6, 6.07) is 26.2. The molecule has 42 heavy (non-hydrogen) atoms. The molecule has 2 saturated carbocycles. The number of carboxylic acid groups (broad SMARTS) is 1. The van der Waals surface area contributed by atoms with E-state index in [0.717, 1.165) is 18.3 Å². The highest BCUT2D eigenvalue weighted by Crippen LogP contribution is 2.70. The molecule has 3 aromatic rings. The van der Waals surface area contributed by atoms with Gasteiger partial charge in [0.1, 0.15) is 5.75 Å². The van der Waals surface area contributed by atoms with Gasteiger partial charge in [-0.1, -0.05) is 127 Å². The number of ether oxygens (including phenoxy) is 1. The lowest BCUT2D eigenvalue weighted by Gasteiger charge is -2.34. The predicted octanol–water partition coefficient (Wildman–Crippen LogP) is 11.2. The van der Waals surface area contributed by atoms with Crippen molar-refractivity contribution in [3.8, 4) is 16.9 Å². The molecule has 0 aliphatic heterocycles. The molecular weight excluding hydrogens is 516 g/mol. The largest absolute Gasteiger partial charge is 0.494 e. The third kappa shape index (κ3) is 7.65. The predicted molar refractivity (Wildman–Crippen MR) is 175 cm³/mol. The van der Waals surface area contributed by atoms with Crippen LogP contribution in [0.4, 0.5) is 0 Å². The number of hydrogen-bond acceptors (Lipinski definition) is 2. The van der Waals surface area contributed by atoms with Crippen molar-refractivity contribution in [2.24, 2.45) is 16.7 Å². The molecule has 0 aromatic heterocycles. The number of unbranched alkanes of at least 4 members (excludes halogenated alkanes) is 7. The van der Waals surface area contributed by atoms with Crippen LogP contribution in [-0.2, 0) is 0 Å². The molecule has 3 aromatic carbocycles. The minimum Gasteiger partial charge on any atom is -0.494 e. The van der Waals surface area contributed by atoms with Crippen molar-refractivity contribution in [1.82, 2.24) is 0 Å². The van der Waals surface area contributed by atoms with Crippen molar-refractivity contribution < 1.29 is 14.6 Å². The van der Waals surface area contributed by atoms with E-state index in [9.17, 15) is 4.79 Å². The third-order valence-electron chi connectivity index (χ3n) is 10.4. The van der Waals surface area contributed by atoms with Crippen molar-refractivity contribution in [2.45, 2.75) is 104 Å². The van der Waals surface area contributed by atoms with Crippen molar-refractivity contribution in [3.63, 3.8) is 0 Å². The zero-order valence-electron chi connectivity index (χ0n) is 26.4. The molecule has 0 heterocycles. The minimum absolute atomic E-state index is 0.331. The maximum Gasteiger partial charge on any atom is 0.335 e. The number of carboxylic acids is 1. The Morgan fingerprint density at radius 1 is 0.833 bits per heavy atom. The summed E-state index contributed by atoms with van der Waals surface area (Å²) in [5, 5.41) is 8.38. The molecule has 0 amide bonds. The fourth-order valence-electron chi connectivity index (χ4n) is 7.45. The van der Waals surface area contributed by atoms with Crippen molar-refractivity contribution >= 4 is 5.97 Å². The van der Waals surface area contributed by atoms with Crippen LogP contribution >= 0.6 is 0 Å². The van der Waals surface area contributed by atoms with E-state index in [4.69, 9.17) is 9.84 Å². The van der Waals surface area contributed by atoms with Gasteiger partial charge in [0.15, 0.2) is 0 Å². The molecule has 0 saturated heterocycles. The molecule has 3 atom stereocenters. The highest BCUT2D eigenvalue weighted by Gasteiger charge is 2.60. The quantitative estimate of drug-likeness (QED) is 0.209. The van der Waals surface area contributed by atoms with Gasteiger partial charge in [0, 0.05) is 0 Å². The average Bonchev–Trinajstić information content (AvgIpc) is 3.35. The summed E-state index contributed by atoms with van der Waals surface area (Å²) in [5.74, 6) is 1.60. The van der Waals surface area contributed by atoms with Crippen LogP contribution in [0.15, 0.2) is 78.9 Å². The molecule has 2 aliphatic carbocycles. The van der Waals surface area contributed by atoms with Gasteiger partial charge in [0.25, 0.3) is 0 Å². The monoisotopic (exact) mass is 568 g/mol. The first-order valence-corrected chi connectivity index (χ1v) is 16.4. The summed E-state index contributed by atoms with van der Waals surface area (Å²) in [5.41, 5.74) is 5.48. The first kappa shape index (κ1) is 31.9. The molecule has 2 aliphatic rings. The van der Waals surface area contributed by atoms with Crippen LogP contribution in [0.2, 0.25) is 0 Å². The Morgan fingerprint density at radius 2 is 1.45 bits per heavy atom. The van der Waals surface area contributed by atoms with Crippen LogP contribution in [-0.4, -0.2) is 17.7 Å². The highest BCUT2D eigenvalue weighted by molar-refractivity contribution is 5.87. The topological polar surface area (TPSA) is 46.5 Å². The molecular formula is C39H52O3. The lowest BCUT2D eigenvalue weighted by molar-refractivity contribution is 0.0697. The Kier molecular flexibility index (Phi) is 11.3. The van der Waals surface area contributed by atoms with Gasteiger partial charge < -0.3 is 9.84 Å². The Morgan fingerprint density at radius 3 is 2.00 bits per heavy atom. The zero-order chi connectivity index (χ0) is 30.0. The smallest absolute Gasteiger partial charge is 0.335 e. The Labute approximate surface area is 254 Å². The second kappa shape index (κ2) is 14.9. The molecule has 0 radical (unpaired) electrons. The molecule has 5 rings (SSSR count). The summed E-state index contributed by atoms with van der Waals surface area (Å²) < 4.78 is 6.30. The van der Waals surface area contributed by atoms with E-state index in [-0.39, 0.29) is 0 Å². The fraction of sp³-hybridized carbons (Fsp3) is 0.513. The highest BCUT2D eigenvalue weighted by atomic mass is 16.5. The van der Waals surface area contributed by atoms with Crippen LogP contribution in [0.3, 0.4) is 0 Å². The maximum atomic E-state index is 10.2. The van der Waals surface area contributed by atoms with Crippen LogP contribution in [0.1, 0.15) is 120 Å². The van der Waals surface area contributed by atoms with E-state index in [1.165, 1.54) is 87.3 Å². The third-order valence-corrected chi connectivity index (χ3v) is 10.4. The van der Waals surface area contributed by atoms with Crippen LogP contribution in [0.25, 0.3) is 11.1 Å². The van der Waals surface area contributed by atoms with Gasteiger partial charge in [-0.3, -0.25) is 0 Å². The van der Waals surface area contributed by atoms with Crippen molar-refractivity contribution in [3.05, 3.63) is 90.0 Å². The summed E-state index contributed by atoms with van der Waals surface area (Å²) in [7, 11) is 0. The van der Waals surface area contributed by atoms with Gasteiger partial charge in [-0.05, 0) is 89.3 Å². The second-order valence-electron chi connectivity index (χ2n) is 13.3. The van der Waals surface area contributed by atoms with Crippen LogP contribution in [0.5, 0.6) is 5.75 Å². The molecule has 226 valence electrons. The van der Waals surface area contributed by atoms with E-state index < -0.39 is 5.97 Å². The standard InChI is InChI=1S/C32H46O.C7H6O2/c1-5-6-7-8-9-10-11-15-22-33-26-18-19-27(25-16-13-12-14-17-25)28(23-26)29-24-32(4)21-20-30(29)31(32,2)3;8-7(9)6-4-2-1-3-5-6/h12-14,16-19,23,29-30H,5-11,15,20-22,24H2,1-4H3;1-5H,(H,8,9)/t29-,30-,32-;/m0./s1. The first-order chi connectivity index (χ1) is 20.3. The van der Waals surface area contributed by atoms with Crippen molar-refractivity contribution in [2.75, 3.05) is 6.61 Å². The van der Waals surface area contributed by atoms with E-state index in [2.05, 4.69) is 76.2 Å². The van der Waals surface area contributed by atoms with Crippen LogP contribution in [0, 0.1) is 16.7 Å². The normalized spacial score (nSPS) is 21.9. The Balaban J connectivity index is 0.000000385.